The first-order chi connectivity index (χ1) is 12.8. The molecule has 0 aromatic rings. The van der Waals surface area contributed by atoms with E-state index in [0.717, 1.165) is 37.0 Å². The molecule has 4 aliphatic rings. The highest BCUT2D eigenvalue weighted by atomic mass is 16.3. The van der Waals surface area contributed by atoms with E-state index in [4.69, 9.17) is 0 Å². The van der Waals surface area contributed by atoms with Gasteiger partial charge in [0.25, 0.3) is 0 Å². The lowest BCUT2D eigenvalue weighted by molar-refractivity contribution is 0.106. The van der Waals surface area contributed by atoms with E-state index in [2.05, 4.69) is 45.9 Å². The maximum atomic E-state index is 10.2. The maximum absolute atomic E-state index is 10.2. The van der Waals surface area contributed by atoms with Crippen LogP contribution in [0.25, 0.3) is 0 Å². The van der Waals surface area contributed by atoms with E-state index in [9.17, 15) is 5.11 Å². The fraction of sp³-hybridized carbons (Fsp3) is 0.769. The predicted octanol–water partition coefficient (Wildman–Crippen LogP) is 6.98. The van der Waals surface area contributed by atoms with Crippen LogP contribution in [0.3, 0.4) is 0 Å². The summed E-state index contributed by atoms with van der Waals surface area (Å²) in [4.78, 5) is 0. The number of hydrogen-bond donors (Lipinski definition) is 1. The molecule has 0 saturated heterocycles. The highest BCUT2D eigenvalue weighted by Crippen LogP contribution is 2.64. The number of allylic oxidation sites excluding steroid dienone is 5. The van der Waals surface area contributed by atoms with Gasteiger partial charge >= 0.3 is 0 Å². The smallest absolute Gasteiger partial charge is 0.0578 e. The van der Waals surface area contributed by atoms with Crippen molar-refractivity contribution in [1.82, 2.24) is 0 Å². The first-order valence-corrected chi connectivity index (χ1v) is 11.6. The van der Waals surface area contributed by atoms with Crippen molar-refractivity contribution in [2.45, 2.75) is 98.0 Å². The van der Waals surface area contributed by atoms with Crippen LogP contribution in [0, 0.1) is 28.6 Å². The van der Waals surface area contributed by atoms with Crippen LogP contribution in [0.1, 0.15) is 91.9 Å². The second kappa shape index (κ2) is 7.21. The van der Waals surface area contributed by atoms with Crippen molar-refractivity contribution in [1.29, 1.82) is 0 Å². The summed E-state index contributed by atoms with van der Waals surface area (Å²) in [6, 6.07) is 0. The van der Waals surface area contributed by atoms with Gasteiger partial charge in [-0.25, -0.2) is 0 Å². The summed E-state index contributed by atoms with van der Waals surface area (Å²) in [6.07, 6.45) is 19.6. The first-order valence-electron chi connectivity index (χ1n) is 11.6. The molecule has 2 saturated carbocycles. The number of aliphatic hydroxyl groups excluding tert-OH is 1. The minimum Gasteiger partial charge on any atom is -0.393 e. The topological polar surface area (TPSA) is 20.2 Å². The lowest BCUT2D eigenvalue weighted by Crippen LogP contribution is -2.40. The van der Waals surface area contributed by atoms with Gasteiger partial charge in [-0.05, 0) is 87.4 Å². The monoisotopic (exact) mass is 368 g/mol. The third-order valence-corrected chi connectivity index (χ3v) is 8.83. The summed E-state index contributed by atoms with van der Waals surface area (Å²) in [5.41, 5.74) is 5.94. The van der Waals surface area contributed by atoms with Gasteiger partial charge in [0.15, 0.2) is 0 Å². The molecule has 0 radical (unpaired) electrons. The predicted molar refractivity (Wildman–Crippen MR) is 114 cm³/mol. The van der Waals surface area contributed by atoms with Gasteiger partial charge in [0.05, 0.1) is 6.10 Å². The SMILES string of the molecule is CC(C)C/C=C/CC1CCC2C3=C(CCC12C)C1(C)CCC(O)CC1=CC3. The lowest BCUT2D eigenvalue weighted by atomic mass is 9.54. The van der Waals surface area contributed by atoms with E-state index in [0.29, 0.717) is 5.41 Å². The summed E-state index contributed by atoms with van der Waals surface area (Å²) in [7, 11) is 0. The maximum Gasteiger partial charge on any atom is 0.0578 e. The molecular formula is C26H40O. The zero-order valence-corrected chi connectivity index (χ0v) is 18.1. The van der Waals surface area contributed by atoms with Crippen LogP contribution in [0.4, 0.5) is 0 Å². The van der Waals surface area contributed by atoms with Crippen molar-refractivity contribution in [3.63, 3.8) is 0 Å². The van der Waals surface area contributed by atoms with Crippen LogP contribution in [-0.4, -0.2) is 11.2 Å². The molecule has 0 spiro atoms. The Morgan fingerprint density at radius 2 is 1.96 bits per heavy atom. The van der Waals surface area contributed by atoms with Gasteiger partial charge < -0.3 is 5.11 Å². The average Bonchev–Trinajstić information content (AvgIpc) is 2.96. The molecule has 1 heteroatoms. The lowest BCUT2D eigenvalue weighted by Gasteiger charge is -2.51. The molecule has 0 amide bonds. The summed E-state index contributed by atoms with van der Waals surface area (Å²) >= 11 is 0. The molecule has 150 valence electrons. The fourth-order valence-corrected chi connectivity index (χ4v) is 7.02. The molecule has 2 fully saturated rings. The normalized spacial score (nSPS) is 41.6. The van der Waals surface area contributed by atoms with Gasteiger partial charge in [0, 0.05) is 5.41 Å². The van der Waals surface area contributed by atoms with Crippen LogP contribution in [-0.2, 0) is 0 Å². The Bertz CT molecular complexity index is 666. The Balaban J connectivity index is 1.54. The molecule has 5 unspecified atom stereocenters. The largest absolute Gasteiger partial charge is 0.393 e. The number of aliphatic hydroxyl groups is 1. The molecule has 4 rings (SSSR count). The second-order valence-electron chi connectivity index (χ2n) is 10.8. The van der Waals surface area contributed by atoms with Crippen molar-refractivity contribution in [2.75, 3.05) is 0 Å². The number of hydrogen-bond acceptors (Lipinski definition) is 1. The van der Waals surface area contributed by atoms with Gasteiger partial charge in [0.2, 0.25) is 0 Å². The Hall–Kier alpha value is -0.820. The fourth-order valence-electron chi connectivity index (χ4n) is 7.02. The molecule has 0 heterocycles. The highest BCUT2D eigenvalue weighted by Gasteiger charge is 2.53. The molecule has 0 aromatic heterocycles. The average molecular weight is 369 g/mol. The van der Waals surface area contributed by atoms with Gasteiger partial charge in [-0.1, -0.05) is 62.6 Å². The molecule has 27 heavy (non-hydrogen) atoms. The van der Waals surface area contributed by atoms with Crippen LogP contribution >= 0.6 is 0 Å². The standard InChI is InChI=1S/C26H40O/c1-18(2)7-5-6-8-19-10-12-23-22-11-9-20-17-21(27)13-15-26(20,4)24(22)14-16-25(19,23)3/h5-6,9,18-19,21,23,27H,7-8,10-17H2,1-4H3/b6-5+. The summed E-state index contributed by atoms with van der Waals surface area (Å²) < 4.78 is 0. The molecule has 1 N–H and O–H groups in total. The molecule has 4 aliphatic carbocycles. The van der Waals surface area contributed by atoms with E-state index in [-0.39, 0.29) is 11.5 Å². The third-order valence-electron chi connectivity index (χ3n) is 8.83. The quantitative estimate of drug-likeness (QED) is 0.530. The zero-order valence-electron chi connectivity index (χ0n) is 18.1. The Labute approximate surface area is 167 Å². The van der Waals surface area contributed by atoms with E-state index in [1.165, 1.54) is 44.9 Å². The van der Waals surface area contributed by atoms with E-state index in [1.807, 2.05) is 5.57 Å². The van der Waals surface area contributed by atoms with Crippen molar-refractivity contribution in [3.8, 4) is 0 Å². The van der Waals surface area contributed by atoms with Crippen molar-refractivity contribution < 1.29 is 5.11 Å². The molecule has 0 aliphatic heterocycles. The summed E-state index contributed by atoms with van der Waals surface area (Å²) in [5.74, 6) is 2.45. The molecule has 1 nitrogen and oxygen atoms in total. The minimum atomic E-state index is -0.103. The molecule has 5 atom stereocenters. The number of fused-ring (bicyclic) bond motifs is 4. The van der Waals surface area contributed by atoms with Crippen LogP contribution in [0.15, 0.2) is 34.9 Å². The number of rotatable bonds is 4. The summed E-state index contributed by atoms with van der Waals surface area (Å²) in [5, 5.41) is 10.2. The van der Waals surface area contributed by atoms with E-state index >= 15 is 0 Å². The van der Waals surface area contributed by atoms with Gasteiger partial charge in [-0.2, -0.15) is 0 Å². The van der Waals surface area contributed by atoms with Crippen molar-refractivity contribution in [3.05, 3.63) is 34.9 Å². The van der Waals surface area contributed by atoms with Crippen molar-refractivity contribution in [2.24, 2.45) is 28.6 Å². The third kappa shape index (κ3) is 3.28. The Morgan fingerprint density at radius 3 is 2.74 bits per heavy atom. The molecule has 0 bridgehead atoms. The van der Waals surface area contributed by atoms with Gasteiger partial charge in [-0.15, -0.1) is 0 Å². The molecule has 0 aromatic carbocycles. The van der Waals surface area contributed by atoms with Crippen LogP contribution in [0.2, 0.25) is 0 Å². The highest BCUT2D eigenvalue weighted by molar-refractivity contribution is 5.43. The zero-order chi connectivity index (χ0) is 19.2. The van der Waals surface area contributed by atoms with Crippen molar-refractivity contribution >= 4 is 0 Å². The van der Waals surface area contributed by atoms with Crippen LogP contribution in [0.5, 0.6) is 0 Å². The Morgan fingerprint density at radius 1 is 1.15 bits per heavy atom. The van der Waals surface area contributed by atoms with E-state index in [1.54, 1.807) is 11.1 Å². The van der Waals surface area contributed by atoms with Crippen LogP contribution < -0.4 is 0 Å². The van der Waals surface area contributed by atoms with Gasteiger partial charge in [-0.3, -0.25) is 0 Å². The summed E-state index contributed by atoms with van der Waals surface area (Å²) in [6.45, 7) is 9.72. The minimum absolute atomic E-state index is 0.103. The molecular weight excluding hydrogens is 328 g/mol. The first kappa shape index (κ1) is 19.5. The van der Waals surface area contributed by atoms with Gasteiger partial charge in [0.1, 0.15) is 0 Å². The van der Waals surface area contributed by atoms with E-state index < -0.39 is 0 Å². The Kier molecular flexibility index (Phi) is 5.21. The second-order valence-corrected chi connectivity index (χ2v) is 10.8.